The fourth-order valence-electron chi connectivity index (χ4n) is 3.75. The van der Waals surface area contributed by atoms with Gasteiger partial charge in [-0.1, -0.05) is 41.9 Å². The van der Waals surface area contributed by atoms with Crippen LogP contribution in [-0.2, 0) is 9.53 Å². The van der Waals surface area contributed by atoms with Gasteiger partial charge in [0.1, 0.15) is 6.04 Å². The highest BCUT2D eigenvalue weighted by atomic mass is 79.9. The quantitative estimate of drug-likeness (QED) is 0.740. The average Bonchev–Trinajstić information content (AvgIpc) is 3.34. The summed E-state index contributed by atoms with van der Waals surface area (Å²) in [6, 6.07) is 7.56. The van der Waals surface area contributed by atoms with Gasteiger partial charge < -0.3 is 15.0 Å². The molecule has 0 saturated carbocycles. The molecular formula is C21H26BrN3O3. The van der Waals surface area contributed by atoms with E-state index in [4.69, 9.17) is 0 Å². The van der Waals surface area contributed by atoms with Crippen molar-refractivity contribution in [3.8, 4) is 0 Å². The summed E-state index contributed by atoms with van der Waals surface area (Å²) in [6.07, 6.45) is 3.90. The Labute approximate surface area is 174 Å². The zero-order valence-electron chi connectivity index (χ0n) is 16.4. The predicted octanol–water partition coefficient (Wildman–Crippen LogP) is 4.01. The van der Waals surface area contributed by atoms with E-state index >= 15 is 0 Å². The molecule has 0 bridgehead atoms. The van der Waals surface area contributed by atoms with Gasteiger partial charge >= 0.3 is 6.09 Å². The van der Waals surface area contributed by atoms with E-state index in [0.717, 1.165) is 40.6 Å². The Kier molecular flexibility index (Phi) is 6.54. The second-order valence-electron chi connectivity index (χ2n) is 7.51. The fraction of sp³-hybridized carbons (Fsp3) is 0.476. The summed E-state index contributed by atoms with van der Waals surface area (Å²) in [5.41, 5.74) is 3.32. The summed E-state index contributed by atoms with van der Waals surface area (Å²) in [7, 11) is 1.30. The Morgan fingerprint density at radius 2 is 2.00 bits per heavy atom. The second kappa shape index (κ2) is 8.90. The summed E-state index contributed by atoms with van der Waals surface area (Å²) in [5.74, 6) is -0.0995. The Morgan fingerprint density at radius 3 is 2.64 bits per heavy atom. The second-order valence-corrected chi connectivity index (χ2v) is 8.42. The van der Waals surface area contributed by atoms with Crippen LogP contribution in [0.25, 0.3) is 5.57 Å². The molecule has 0 aromatic heterocycles. The van der Waals surface area contributed by atoms with E-state index in [0.29, 0.717) is 6.54 Å². The number of halogens is 1. The lowest BCUT2D eigenvalue weighted by Crippen LogP contribution is -2.53. The van der Waals surface area contributed by atoms with Crippen molar-refractivity contribution in [3.05, 3.63) is 40.5 Å². The number of carbonyl (C=O) groups is 2. The molecule has 1 aromatic carbocycles. The van der Waals surface area contributed by atoms with Crippen molar-refractivity contribution in [1.29, 1.82) is 0 Å². The average molecular weight is 448 g/mol. The standard InChI is InChI=1S/C21H26BrN3O3/c1-13(2)19(24-21(27)28-3)20(26)25-10-4-5-18(25)17-11-15(12-23-17)14-6-8-16(22)9-7-14/h6-9,12-13,18-19H,4-5,10-11H2,1-3H3,(H,24,27)/t18-,19-/m0/s1. The summed E-state index contributed by atoms with van der Waals surface area (Å²) < 4.78 is 5.73. The Morgan fingerprint density at radius 1 is 1.29 bits per heavy atom. The molecule has 150 valence electrons. The lowest BCUT2D eigenvalue weighted by molar-refractivity contribution is -0.134. The summed E-state index contributed by atoms with van der Waals surface area (Å²) in [6.45, 7) is 4.52. The molecule has 0 spiro atoms. The van der Waals surface area contributed by atoms with E-state index < -0.39 is 12.1 Å². The van der Waals surface area contributed by atoms with Gasteiger partial charge in [-0.2, -0.15) is 0 Å². The van der Waals surface area contributed by atoms with Crippen LogP contribution in [0.15, 0.2) is 39.9 Å². The van der Waals surface area contributed by atoms with Gasteiger partial charge in [-0.05, 0) is 42.0 Å². The molecule has 6 nitrogen and oxygen atoms in total. The van der Waals surface area contributed by atoms with E-state index in [9.17, 15) is 9.59 Å². The van der Waals surface area contributed by atoms with Crippen LogP contribution in [0.4, 0.5) is 4.79 Å². The van der Waals surface area contributed by atoms with Crippen LogP contribution < -0.4 is 5.32 Å². The van der Waals surface area contributed by atoms with E-state index in [2.05, 4.69) is 43.1 Å². The van der Waals surface area contributed by atoms with Gasteiger partial charge in [0.15, 0.2) is 0 Å². The van der Waals surface area contributed by atoms with Crippen LogP contribution in [0, 0.1) is 5.92 Å². The predicted molar refractivity (Wildman–Crippen MR) is 113 cm³/mol. The topological polar surface area (TPSA) is 71.0 Å². The first kappa shape index (κ1) is 20.6. The van der Waals surface area contributed by atoms with Crippen LogP contribution in [0.3, 0.4) is 0 Å². The van der Waals surface area contributed by atoms with Crippen LogP contribution in [0.2, 0.25) is 0 Å². The SMILES string of the molecule is COC(=O)N[C@H](C(=O)N1CCC[C@H]1C1=NC=C(c2ccc(Br)cc2)C1)C(C)C. The number of benzene rings is 1. The summed E-state index contributed by atoms with van der Waals surface area (Å²) in [5, 5.41) is 2.68. The lowest BCUT2D eigenvalue weighted by atomic mass is 9.97. The molecule has 0 radical (unpaired) electrons. The van der Waals surface area contributed by atoms with Crippen molar-refractivity contribution < 1.29 is 14.3 Å². The molecular weight excluding hydrogens is 422 g/mol. The van der Waals surface area contributed by atoms with Gasteiger partial charge in [0.05, 0.1) is 13.2 Å². The van der Waals surface area contributed by atoms with Crippen molar-refractivity contribution in [1.82, 2.24) is 10.2 Å². The Bertz CT molecular complexity index is 802. The fourth-order valence-corrected chi connectivity index (χ4v) is 4.01. The first-order valence-corrected chi connectivity index (χ1v) is 10.4. The van der Waals surface area contributed by atoms with Gasteiger partial charge in [0.2, 0.25) is 5.91 Å². The van der Waals surface area contributed by atoms with Gasteiger partial charge in [0, 0.05) is 29.3 Å². The molecule has 0 unspecified atom stereocenters. The zero-order valence-corrected chi connectivity index (χ0v) is 18.0. The first-order valence-electron chi connectivity index (χ1n) is 9.57. The summed E-state index contributed by atoms with van der Waals surface area (Å²) >= 11 is 3.46. The number of rotatable bonds is 5. The van der Waals surface area contributed by atoms with E-state index in [1.165, 1.54) is 7.11 Å². The van der Waals surface area contributed by atoms with E-state index in [1.807, 2.05) is 37.1 Å². The number of amides is 2. The van der Waals surface area contributed by atoms with Crippen LogP contribution in [0.5, 0.6) is 0 Å². The van der Waals surface area contributed by atoms with Gasteiger partial charge in [-0.3, -0.25) is 9.79 Å². The third-order valence-electron chi connectivity index (χ3n) is 5.28. The minimum atomic E-state index is -0.603. The van der Waals surface area contributed by atoms with Gasteiger partial charge in [0.25, 0.3) is 0 Å². The molecule has 0 aliphatic carbocycles. The van der Waals surface area contributed by atoms with Crippen LogP contribution in [-0.4, -0.2) is 48.4 Å². The van der Waals surface area contributed by atoms with Crippen molar-refractivity contribution in [2.24, 2.45) is 10.9 Å². The first-order chi connectivity index (χ1) is 13.4. The van der Waals surface area contributed by atoms with Crippen molar-refractivity contribution in [2.75, 3.05) is 13.7 Å². The minimum absolute atomic E-state index is 0.0163. The number of ether oxygens (including phenoxy) is 1. The highest BCUT2D eigenvalue weighted by Gasteiger charge is 2.38. The van der Waals surface area contributed by atoms with Crippen LogP contribution in [0.1, 0.15) is 38.7 Å². The number of hydrogen-bond donors (Lipinski definition) is 1. The molecule has 7 heteroatoms. The number of alkyl carbamates (subject to hydrolysis) is 1. The third kappa shape index (κ3) is 4.46. The number of nitrogens with zero attached hydrogens (tertiary/aromatic N) is 2. The Hall–Kier alpha value is -2.15. The zero-order chi connectivity index (χ0) is 20.3. The van der Waals surface area contributed by atoms with Crippen molar-refractivity contribution in [3.63, 3.8) is 0 Å². The molecule has 1 aromatic rings. The minimum Gasteiger partial charge on any atom is -0.453 e. The number of carbonyl (C=O) groups excluding carboxylic acids is 2. The highest BCUT2D eigenvalue weighted by molar-refractivity contribution is 9.10. The molecule has 3 rings (SSSR count). The molecule has 1 saturated heterocycles. The highest BCUT2D eigenvalue weighted by Crippen LogP contribution is 2.31. The molecule has 2 atom stereocenters. The van der Waals surface area contributed by atoms with E-state index in [1.54, 1.807) is 0 Å². The molecule has 28 heavy (non-hydrogen) atoms. The Balaban J connectivity index is 1.70. The molecule has 2 amide bonds. The van der Waals surface area contributed by atoms with Gasteiger partial charge in [-0.25, -0.2) is 4.79 Å². The number of methoxy groups -OCH3 is 1. The molecule has 2 aliphatic heterocycles. The number of likely N-dealkylation sites (tertiary alicyclic amines) is 1. The number of hydrogen-bond acceptors (Lipinski definition) is 4. The smallest absolute Gasteiger partial charge is 0.407 e. The molecule has 1 fully saturated rings. The van der Waals surface area contributed by atoms with Gasteiger partial charge in [-0.15, -0.1) is 0 Å². The van der Waals surface area contributed by atoms with Crippen molar-refractivity contribution in [2.45, 2.75) is 45.2 Å². The maximum Gasteiger partial charge on any atom is 0.407 e. The lowest BCUT2D eigenvalue weighted by Gasteiger charge is -2.31. The number of nitrogens with one attached hydrogen (secondary N) is 1. The van der Waals surface area contributed by atoms with E-state index in [-0.39, 0.29) is 17.9 Å². The van der Waals surface area contributed by atoms with Crippen LogP contribution >= 0.6 is 15.9 Å². The maximum absolute atomic E-state index is 13.2. The maximum atomic E-state index is 13.2. The van der Waals surface area contributed by atoms with Crippen molar-refractivity contribution >= 4 is 39.2 Å². The summed E-state index contributed by atoms with van der Waals surface area (Å²) in [4.78, 5) is 31.4. The molecule has 1 N–H and O–H groups in total. The third-order valence-corrected chi connectivity index (χ3v) is 5.81. The number of aliphatic imine (C=N–C) groups is 1. The largest absolute Gasteiger partial charge is 0.453 e. The molecule has 2 heterocycles. The number of allylic oxidation sites excluding steroid dienone is 1. The normalized spacial score (nSPS) is 20.0. The monoisotopic (exact) mass is 447 g/mol. The molecule has 2 aliphatic rings.